The van der Waals surface area contributed by atoms with Crippen molar-refractivity contribution in [1.82, 2.24) is 0 Å². The predicted octanol–water partition coefficient (Wildman–Crippen LogP) is -0.122. The number of anilines is 1. The smallest absolute Gasteiger partial charge is 0.230 e. The van der Waals surface area contributed by atoms with E-state index in [0.29, 0.717) is 13.0 Å². The molecule has 112 valence electrons. The number of benzene rings is 1. The van der Waals surface area contributed by atoms with Crippen molar-refractivity contribution in [2.75, 3.05) is 5.32 Å². The lowest BCUT2D eigenvalue weighted by Crippen LogP contribution is -3.00. The van der Waals surface area contributed by atoms with Crippen LogP contribution in [0.3, 0.4) is 0 Å². The van der Waals surface area contributed by atoms with Crippen LogP contribution < -0.4 is 26.9 Å². The Morgan fingerprint density at radius 3 is 2.48 bits per heavy atom. The molecular weight excluding hydrogens is 328 g/mol. The fourth-order valence-corrected chi connectivity index (χ4v) is 2.07. The van der Waals surface area contributed by atoms with Gasteiger partial charge in [0.1, 0.15) is 0 Å². The summed E-state index contributed by atoms with van der Waals surface area (Å²) in [6, 6.07) is 12.0. The first-order valence-electron chi connectivity index (χ1n) is 7.02. The molecule has 0 atom stereocenters. The highest BCUT2D eigenvalue weighted by Crippen LogP contribution is 2.15. The van der Waals surface area contributed by atoms with E-state index in [1.807, 2.05) is 53.4 Å². The Morgan fingerprint density at radius 2 is 1.81 bits per heavy atom. The highest BCUT2D eigenvalue weighted by atomic mass is 79.9. The molecule has 21 heavy (non-hydrogen) atoms. The van der Waals surface area contributed by atoms with Crippen LogP contribution in [0.15, 0.2) is 48.8 Å². The van der Waals surface area contributed by atoms with Crippen LogP contribution in [0.2, 0.25) is 0 Å². The summed E-state index contributed by atoms with van der Waals surface area (Å²) in [4.78, 5) is 12.0. The molecule has 2 aromatic rings. The summed E-state index contributed by atoms with van der Waals surface area (Å²) in [5, 5.41) is 2.99. The molecule has 0 fully saturated rings. The summed E-state index contributed by atoms with van der Waals surface area (Å²) in [5.41, 5.74) is 3.32. The van der Waals surface area contributed by atoms with E-state index in [2.05, 4.69) is 19.2 Å². The molecule has 0 saturated heterocycles. The third kappa shape index (κ3) is 5.31. The Hall–Kier alpha value is -1.68. The van der Waals surface area contributed by atoms with E-state index in [-0.39, 0.29) is 22.9 Å². The normalized spacial score (nSPS) is 9.81. The van der Waals surface area contributed by atoms with E-state index in [4.69, 9.17) is 0 Å². The van der Waals surface area contributed by atoms with Crippen LogP contribution in [-0.4, -0.2) is 5.91 Å². The van der Waals surface area contributed by atoms with Crippen molar-refractivity contribution in [1.29, 1.82) is 0 Å². The van der Waals surface area contributed by atoms with E-state index in [0.717, 1.165) is 12.1 Å². The van der Waals surface area contributed by atoms with Crippen LogP contribution in [-0.2, 0) is 17.8 Å². The van der Waals surface area contributed by atoms with E-state index in [1.165, 1.54) is 11.1 Å². The van der Waals surface area contributed by atoms with Gasteiger partial charge in [-0.25, -0.2) is 4.57 Å². The number of para-hydroxylation sites is 1. The van der Waals surface area contributed by atoms with Crippen molar-refractivity contribution in [3.05, 3.63) is 59.9 Å². The van der Waals surface area contributed by atoms with Gasteiger partial charge in [-0.3, -0.25) is 4.79 Å². The van der Waals surface area contributed by atoms with Gasteiger partial charge < -0.3 is 22.3 Å². The van der Waals surface area contributed by atoms with E-state index < -0.39 is 0 Å². The minimum atomic E-state index is 0. The highest BCUT2D eigenvalue weighted by molar-refractivity contribution is 5.91. The number of nitrogens with one attached hydrogen (secondary N) is 1. The van der Waals surface area contributed by atoms with Gasteiger partial charge in [-0.05, 0) is 30.5 Å². The number of carbonyl (C=O) groups is 1. The standard InChI is InChI=1S/C17H20N2O.BrH/c1-3-15-6-4-5-7-16(15)18-17(20)10-13-19-11-8-14(2)9-12-19;/h4-9,11-12H,3,10,13H2,1-2H3;1H. The Kier molecular flexibility index (Phi) is 7.09. The molecule has 4 heteroatoms. The lowest BCUT2D eigenvalue weighted by Gasteiger charge is -2.08. The molecular formula is C17H21BrN2O. The fourth-order valence-electron chi connectivity index (χ4n) is 2.07. The summed E-state index contributed by atoms with van der Waals surface area (Å²) in [6.45, 7) is 4.84. The molecule has 3 nitrogen and oxygen atoms in total. The monoisotopic (exact) mass is 348 g/mol. The Labute approximate surface area is 136 Å². The molecule has 1 heterocycles. The van der Waals surface area contributed by atoms with Crippen LogP contribution >= 0.6 is 0 Å². The number of aryl methyl sites for hydroxylation is 3. The van der Waals surface area contributed by atoms with Gasteiger partial charge in [0, 0.05) is 17.8 Å². The van der Waals surface area contributed by atoms with Gasteiger partial charge in [-0.15, -0.1) is 0 Å². The van der Waals surface area contributed by atoms with Gasteiger partial charge in [0.15, 0.2) is 18.9 Å². The number of rotatable bonds is 5. The van der Waals surface area contributed by atoms with Gasteiger partial charge in [-0.1, -0.05) is 25.1 Å². The zero-order valence-corrected chi connectivity index (χ0v) is 14.1. The van der Waals surface area contributed by atoms with Gasteiger partial charge in [0.2, 0.25) is 5.91 Å². The molecule has 0 unspecified atom stereocenters. The summed E-state index contributed by atoms with van der Waals surface area (Å²) in [6.07, 6.45) is 5.40. The van der Waals surface area contributed by atoms with Gasteiger partial charge in [0.25, 0.3) is 0 Å². The molecule has 0 aliphatic carbocycles. The quantitative estimate of drug-likeness (QED) is 0.750. The summed E-state index contributed by atoms with van der Waals surface area (Å²) in [5.74, 6) is 0.0546. The topological polar surface area (TPSA) is 33.0 Å². The minimum Gasteiger partial charge on any atom is -1.00 e. The van der Waals surface area contributed by atoms with Gasteiger partial charge in [-0.2, -0.15) is 0 Å². The third-order valence-electron chi connectivity index (χ3n) is 3.33. The molecule has 1 amide bonds. The Bertz CT molecular complexity index is 582. The predicted molar refractivity (Wildman–Crippen MR) is 80.4 cm³/mol. The van der Waals surface area contributed by atoms with Crippen molar-refractivity contribution >= 4 is 11.6 Å². The maximum Gasteiger partial charge on any atom is 0.230 e. The van der Waals surface area contributed by atoms with Crippen molar-refractivity contribution in [2.45, 2.75) is 33.2 Å². The second-order valence-electron chi connectivity index (χ2n) is 4.92. The van der Waals surface area contributed by atoms with E-state index in [9.17, 15) is 4.79 Å². The maximum absolute atomic E-state index is 12.0. The number of hydrogen-bond acceptors (Lipinski definition) is 1. The van der Waals surface area contributed by atoms with Crippen LogP contribution in [0.1, 0.15) is 24.5 Å². The van der Waals surface area contributed by atoms with E-state index >= 15 is 0 Å². The van der Waals surface area contributed by atoms with Crippen molar-refractivity contribution in [3.63, 3.8) is 0 Å². The average Bonchev–Trinajstić information content (AvgIpc) is 2.47. The number of aromatic nitrogens is 1. The second-order valence-corrected chi connectivity index (χ2v) is 4.92. The zero-order valence-electron chi connectivity index (χ0n) is 12.5. The van der Waals surface area contributed by atoms with Crippen LogP contribution in [0.25, 0.3) is 0 Å². The van der Waals surface area contributed by atoms with Crippen LogP contribution in [0.4, 0.5) is 5.69 Å². The van der Waals surface area contributed by atoms with Crippen molar-refractivity contribution in [3.8, 4) is 0 Å². The van der Waals surface area contributed by atoms with Gasteiger partial charge >= 0.3 is 0 Å². The third-order valence-corrected chi connectivity index (χ3v) is 3.33. The molecule has 0 spiro atoms. The Morgan fingerprint density at radius 1 is 1.14 bits per heavy atom. The summed E-state index contributed by atoms with van der Waals surface area (Å²) < 4.78 is 2.03. The Balaban J connectivity index is 0.00000220. The number of carbonyl (C=O) groups excluding carboxylic acids is 1. The van der Waals surface area contributed by atoms with Gasteiger partial charge in [0.05, 0.1) is 6.42 Å². The number of hydrogen-bond donors (Lipinski definition) is 1. The molecule has 0 bridgehead atoms. The second kappa shape index (κ2) is 8.57. The minimum absolute atomic E-state index is 0. The number of halogens is 1. The van der Waals surface area contributed by atoms with E-state index in [1.54, 1.807) is 0 Å². The molecule has 0 saturated carbocycles. The number of nitrogens with zero attached hydrogens (tertiary/aromatic N) is 1. The van der Waals surface area contributed by atoms with Crippen molar-refractivity contribution in [2.24, 2.45) is 0 Å². The first-order chi connectivity index (χ1) is 9.69. The van der Waals surface area contributed by atoms with Crippen molar-refractivity contribution < 1.29 is 26.3 Å². The summed E-state index contributed by atoms with van der Waals surface area (Å²) in [7, 11) is 0. The number of amides is 1. The average molecular weight is 349 g/mol. The first-order valence-corrected chi connectivity index (χ1v) is 7.02. The molecule has 1 aromatic carbocycles. The van der Waals surface area contributed by atoms with Crippen LogP contribution in [0.5, 0.6) is 0 Å². The molecule has 0 aliphatic rings. The number of pyridine rings is 1. The highest BCUT2D eigenvalue weighted by Gasteiger charge is 2.08. The maximum atomic E-state index is 12.0. The van der Waals surface area contributed by atoms with Crippen LogP contribution in [0, 0.1) is 6.92 Å². The lowest BCUT2D eigenvalue weighted by molar-refractivity contribution is -0.695. The SMILES string of the molecule is CCc1ccccc1NC(=O)CC[n+]1ccc(C)cc1.[Br-]. The zero-order chi connectivity index (χ0) is 14.4. The molecule has 0 radical (unpaired) electrons. The molecule has 1 aromatic heterocycles. The molecule has 0 aliphatic heterocycles. The largest absolute Gasteiger partial charge is 1.00 e. The molecule has 1 N–H and O–H groups in total. The fraction of sp³-hybridized carbons (Fsp3) is 0.294. The lowest BCUT2D eigenvalue weighted by atomic mass is 10.1. The molecule has 2 rings (SSSR count). The first kappa shape index (κ1) is 17.4. The summed E-state index contributed by atoms with van der Waals surface area (Å²) >= 11 is 0.